The maximum Gasteiger partial charge on any atom is 0.223 e. The molecule has 0 radical (unpaired) electrons. The first-order valence-corrected chi connectivity index (χ1v) is 7.08. The minimum Gasteiger partial charge on any atom is -0.343 e. The Hall–Kier alpha value is -2.75. The van der Waals surface area contributed by atoms with Gasteiger partial charge < -0.3 is 5.32 Å². The summed E-state index contributed by atoms with van der Waals surface area (Å²) < 4.78 is 13.6. The van der Waals surface area contributed by atoms with E-state index in [1.165, 1.54) is 12.1 Å². The molecule has 3 aromatic rings. The zero-order valence-electron chi connectivity index (χ0n) is 12.2. The molecule has 1 heterocycles. The molecule has 1 N–H and O–H groups in total. The third kappa shape index (κ3) is 3.28. The number of hydrogen-bond acceptors (Lipinski definition) is 3. The van der Waals surface area contributed by atoms with Gasteiger partial charge in [-0.3, -0.25) is 0 Å². The third-order valence-electron chi connectivity index (χ3n) is 3.37. The van der Waals surface area contributed by atoms with Gasteiger partial charge in [0.05, 0.1) is 6.04 Å². The number of nitrogens with one attached hydrogen (secondary N) is 1. The average molecular weight is 293 g/mol. The van der Waals surface area contributed by atoms with Crippen LogP contribution in [0.4, 0.5) is 10.3 Å². The summed E-state index contributed by atoms with van der Waals surface area (Å²) in [7, 11) is 0. The summed E-state index contributed by atoms with van der Waals surface area (Å²) in [6, 6.07) is 16.2. The zero-order chi connectivity index (χ0) is 15.4. The number of benzene rings is 2. The second-order valence-electron chi connectivity index (χ2n) is 5.13. The van der Waals surface area contributed by atoms with Crippen molar-refractivity contribution < 1.29 is 4.39 Å². The first kappa shape index (κ1) is 14.2. The number of anilines is 1. The van der Waals surface area contributed by atoms with E-state index in [4.69, 9.17) is 0 Å². The Bertz CT molecular complexity index is 742. The van der Waals surface area contributed by atoms with E-state index in [0.29, 0.717) is 5.95 Å². The Morgan fingerprint density at radius 1 is 0.909 bits per heavy atom. The zero-order valence-corrected chi connectivity index (χ0v) is 12.2. The lowest BCUT2D eigenvalue weighted by atomic mass is 9.99. The van der Waals surface area contributed by atoms with Crippen LogP contribution < -0.4 is 5.32 Å². The molecule has 0 saturated carbocycles. The van der Waals surface area contributed by atoms with Gasteiger partial charge in [-0.05, 0) is 35.7 Å². The van der Waals surface area contributed by atoms with Gasteiger partial charge in [0, 0.05) is 12.4 Å². The van der Waals surface area contributed by atoms with Crippen LogP contribution in [-0.2, 0) is 0 Å². The standard InChI is InChI=1S/C18H16FN3/c1-13-11-20-18(21-12-13)22-17(14-6-3-2-4-7-14)15-8-5-9-16(19)10-15/h2-12,17H,1H3,(H,20,21,22). The van der Waals surface area contributed by atoms with Crippen molar-refractivity contribution in [3.63, 3.8) is 0 Å². The summed E-state index contributed by atoms with van der Waals surface area (Å²) in [4.78, 5) is 8.55. The van der Waals surface area contributed by atoms with E-state index in [1.807, 2.05) is 43.3 Å². The van der Waals surface area contributed by atoms with Crippen molar-refractivity contribution in [3.05, 3.63) is 89.5 Å². The van der Waals surface area contributed by atoms with Crippen molar-refractivity contribution in [1.29, 1.82) is 0 Å². The number of rotatable bonds is 4. The van der Waals surface area contributed by atoms with Crippen molar-refractivity contribution >= 4 is 5.95 Å². The number of halogens is 1. The van der Waals surface area contributed by atoms with Gasteiger partial charge in [0.15, 0.2) is 0 Å². The first-order valence-electron chi connectivity index (χ1n) is 7.08. The van der Waals surface area contributed by atoms with Crippen molar-refractivity contribution in [1.82, 2.24) is 9.97 Å². The molecule has 1 atom stereocenters. The largest absolute Gasteiger partial charge is 0.343 e. The predicted molar refractivity (Wildman–Crippen MR) is 85.1 cm³/mol. The van der Waals surface area contributed by atoms with E-state index in [-0.39, 0.29) is 11.9 Å². The number of aromatic nitrogens is 2. The molecule has 1 aromatic heterocycles. The summed E-state index contributed by atoms with van der Waals surface area (Å²) in [5.74, 6) is 0.258. The molecule has 0 aliphatic heterocycles. The van der Waals surface area contributed by atoms with Crippen LogP contribution in [0.5, 0.6) is 0 Å². The monoisotopic (exact) mass is 293 g/mol. The van der Waals surface area contributed by atoms with E-state index >= 15 is 0 Å². The van der Waals surface area contributed by atoms with Gasteiger partial charge in [-0.25, -0.2) is 14.4 Å². The summed E-state index contributed by atoms with van der Waals surface area (Å²) in [6.07, 6.45) is 3.51. The molecule has 0 aliphatic carbocycles. The molecule has 22 heavy (non-hydrogen) atoms. The Kier molecular flexibility index (Phi) is 4.10. The normalized spacial score (nSPS) is 11.9. The van der Waals surface area contributed by atoms with Gasteiger partial charge in [0.2, 0.25) is 5.95 Å². The summed E-state index contributed by atoms with van der Waals surface area (Å²) in [6.45, 7) is 1.94. The van der Waals surface area contributed by atoms with E-state index in [0.717, 1.165) is 16.7 Å². The second-order valence-corrected chi connectivity index (χ2v) is 5.13. The second kappa shape index (κ2) is 6.35. The molecule has 4 heteroatoms. The van der Waals surface area contributed by atoms with E-state index < -0.39 is 0 Å². The highest BCUT2D eigenvalue weighted by Crippen LogP contribution is 2.25. The van der Waals surface area contributed by atoms with Gasteiger partial charge >= 0.3 is 0 Å². The predicted octanol–water partition coefficient (Wildman–Crippen LogP) is 4.13. The molecule has 0 bridgehead atoms. The molecule has 0 spiro atoms. The maximum absolute atomic E-state index is 13.6. The van der Waals surface area contributed by atoms with Crippen LogP contribution in [0.25, 0.3) is 0 Å². The highest BCUT2D eigenvalue weighted by molar-refractivity contribution is 5.40. The molecule has 1 unspecified atom stereocenters. The first-order chi connectivity index (χ1) is 10.7. The van der Waals surface area contributed by atoms with Crippen LogP contribution >= 0.6 is 0 Å². The van der Waals surface area contributed by atoms with Crippen molar-refractivity contribution in [2.75, 3.05) is 5.32 Å². The molecule has 3 nitrogen and oxygen atoms in total. The smallest absolute Gasteiger partial charge is 0.223 e. The molecule has 0 fully saturated rings. The van der Waals surface area contributed by atoms with Crippen molar-refractivity contribution in [3.8, 4) is 0 Å². The lowest BCUT2D eigenvalue weighted by Crippen LogP contribution is -2.14. The molecule has 0 saturated heterocycles. The number of hydrogen-bond donors (Lipinski definition) is 1. The molecule has 110 valence electrons. The molecular weight excluding hydrogens is 277 g/mol. The third-order valence-corrected chi connectivity index (χ3v) is 3.37. The molecule has 0 amide bonds. The maximum atomic E-state index is 13.6. The Labute approximate surface area is 128 Å². The van der Waals surface area contributed by atoms with Gasteiger partial charge in [-0.1, -0.05) is 42.5 Å². The topological polar surface area (TPSA) is 37.8 Å². The van der Waals surface area contributed by atoms with E-state index in [1.54, 1.807) is 18.5 Å². The van der Waals surface area contributed by atoms with Gasteiger partial charge in [0.1, 0.15) is 5.82 Å². The SMILES string of the molecule is Cc1cnc(NC(c2ccccc2)c2cccc(F)c2)nc1. The van der Waals surface area contributed by atoms with E-state index in [9.17, 15) is 4.39 Å². The Morgan fingerprint density at radius 3 is 2.27 bits per heavy atom. The van der Waals surface area contributed by atoms with Crippen LogP contribution in [0.1, 0.15) is 22.7 Å². The van der Waals surface area contributed by atoms with Crippen molar-refractivity contribution in [2.24, 2.45) is 0 Å². The summed E-state index contributed by atoms with van der Waals surface area (Å²) in [5, 5.41) is 3.28. The van der Waals surface area contributed by atoms with Crippen LogP contribution in [0, 0.1) is 12.7 Å². The summed E-state index contributed by atoms with van der Waals surface area (Å²) >= 11 is 0. The van der Waals surface area contributed by atoms with Gasteiger partial charge in [-0.2, -0.15) is 0 Å². The van der Waals surface area contributed by atoms with Gasteiger partial charge in [0.25, 0.3) is 0 Å². The molecule has 0 aliphatic rings. The number of aryl methyl sites for hydroxylation is 1. The van der Waals surface area contributed by atoms with Gasteiger partial charge in [-0.15, -0.1) is 0 Å². The van der Waals surface area contributed by atoms with Crippen LogP contribution in [0.3, 0.4) is 0 Å². The lowest BCUT2D eigenvalue weighted by Gasteiger charge is -2.20. The minimum absolute atomic E-state index is 0.209. The average Bonchev–Trinajstić information content (AvgIpc) is 2.55. The molecule has 2 aromatic carbocycles. The van der Waals surface area contributed by atoms with E-state index in [2.05, 4.69) is 15.3 Å². The number of nitrogens with zero attached hydrogens (tertiary/aromatic N) is 2. The highest BCUT2D eigenvalue weighted by Gasteiger charge is 2.15. The minimum atomic E-state index is -0.259. The molecule has 3 rings (SSSR count). The van der Waals surface area contributed by atoms with Crippen molar-refractivity contribution in [2.45, 2.75) is 13.0 Å². The summed E-state index contributed by atoms with van der Waals surface area (Å²) in [5.41, 5.74) is 2.85. The Balaban J connectivity index is 1.98. The van der Waals surface area contributed by atoms with Crippen LogP contribution in [-0.4, -0.2) is 9.97 Å². The lowest BCUT2D eigenvalue weighted by molar-refractivity contribution is 0.624. The fourth-order valence-electron chi connectivity index (χ4n) is 2.29. The highest BCUT2D eigenvalue weighted by atomic mass is 19.1. The quantitative estimate of drug-likeness (QED) is 0.786. The van der Waals surface area contributed by atoms with Crippen LogP contribution in [0.2, 0.25) is 0 Å². The fourth-order valence-corrected chi connectivity index (χ4v) is 2.29. The molecular formula is C18H16FN3. The Morgan fingerprint density at radius 2 is 1.59 bits per heavy atom. The van der Waals surface area contributed by atoms with Crippen LogP contribution in [0.15, 0.2) is 67.0 Å². The fraction of sp³-hybridized carbons (Fsp3) is 0.111.